The first-order valence-corrected chi connectivity index (χ1v) is 10.3. The van der Waals surface area contributed by atoms with Gasteiger partial charge in [-0.25, -0.2) is 4.79 Å². The molecule has 1 N–H and O–H groups in total. The first-order valence-electron chi connectivity index (χ1n) is 10.3. The molecule has 160 valence electrons. The Balaban J connectivity index is 1.88. The van der Waals surface area contributed by atoms with Crippen molar-refractivity contribution in [3.63, 3.8) is 0 Å². The number of amides is 1. The summed E-state index contributed by atoms with van der Waals surface area (Å²) < 4.78 is 5.52. The molecule has 1 aliphatic heterocycles. The lowest BCUT2D eigenvalue weighted by molar-refractivity contribution is -0.121. The number of hydrogen-bond donors (Lipinski definition) is 1. The first kappa shape index (κ1) is 20.8. The number of benzene rings is 2. The summed E-state index contributed by atoms with van der Waals surface area (Å²) in [6, 6.07) is 13.7. The Kier molecular flexibility index (Phi) is 5.17. The summed E-state index contributed by atoms with van der Waals surface area (Å²) in [6.45, 7) is 4.05. The molecule has 0 aromatic heterocycles. The Morgan fingerprint density at radius 3 is 2.39 bits per heavy atom. The van der Waals surface area contributed by atoms with Crippen molar-refractivity contribution < 1.29 is 24.2 Å². The van der Waals surface area contributed by atoms with Gasteiger partial charge in [-0.1, -0.05) is 32.0 Å². The average Bonchev–Trinajstić information content (AvgIpc) is 2.72. The van der Waals surface area contributed by atoms with Crippen LogP contribution in [0.15, 0.2) is 59.8 Å². The maximum Gasteiger partial charge on any atom is 0.335 e. The van der Waals surface area contributed by atoms with Gasteiger partial charge in [0.2, 0.25) is 5.91 Å². The number of anilines is 1. The van der Waals surface area contributed by atoms with E-state index < -0.39 is 5.97 Å². The third-order valence-electron chi connectivity index (χ3n) is 6.03. The van der Waals surface area contributed by atoms with Crippen molar-refractivity contribution >= 4 is 23.3 Å². The summed E-state index contributed by atoms with van der Waals surface area (Å²) >= 11 is 0. The van der Waals surface area contributed by atoms with Crippen molar-refractivity contribution in [1.82, 2.24) is 0 Å². The monoisotopic (exact) mass is 419 g/mol. The molecule has 0 saturated carbocycles. The number of ketones is 1. The highest BCUT2D eigenvalue weighted by atomic mass is 16.5. The average molecular weight is 419 g/mol. The predicted octanol–water partition coefficient (Wildman–Crippen LogP) is 4.56. The maximum atomic E-state index is 13.4. The minimum atomic E-state index is -1.03. The zero-order chi connectivity index (χ0) is 22.3. The van der Waals surface area contributed by atoms with Crippen molar-refractivity contribution in [2.24, 2.45) is 5.41 Å². The van der Waals surface area contributed by atoms with Crippen molar-refractivity contribution in [3.8, 4) is 5.75 Å². The molecule has 0 saturated heterocycles. The molecule has 2 aromatic carbocycles. The fourth-order valence-electron chi connectivity index (χ4n) is 4.69. The highest BCUT2D eigenvalue weighted by molar-refractivity contribution is 6.08. The van der Waals surface area contributed by atoms with Crippen LogP contribution < -0.4 is 9.64 Å². The van der Waals surface area contributed by atoms with Crippen LogP contribution in [0.5, 0.6) is 5.75 Å². The molecule has 6 nitrogen and oxygen atoms in total. The van der Waals surface area contributed by atoms with Gasteiger partial charge in [0, 0.05) is 41.3 Å². The van der Waals surface area contributed by atoms with Crippen molar-refractivity contribution in [2.75, 3.05) is 12.0 Å². The Morgan fingerprint density at radius 1 is 1.06 bits per heavy atom. The van der Waals surface area contributed by atoms with Crippen LogP contribution in [0.3, 0.4) is 0 Å². The number of carbonyl (C=O) groups is 3. The van der Waals surface area contributed by atoms with Crippen molar-refractivity contribution in [3.05, 3.63) is 70.9 Å². The molecule has 0 fully saturated rings. The number of ether oxygens (including phenoxy) is 1. The normalized spacial score (nSPS) is 20.5. The van der Waals surface area contributed by atoms with E-state index >= 15 is 0 Å². The number of carbonyl (C=O) groups excluding carboxylic acids is 2. The van der Waals surface area contributed by atoms with E-state index in [-0.39, 0.29) is 35.0 Å². The van der Waals surface area contributed by atoms with E-state index in [0.29, 0.717) is 35.5 Å². The molecule has 1 heterocycles. The quantitative estimate of drug-likeness (QED) is 0.786. The summed E-state index contributed by atoms with van der Waals surface area (Å²) in [6.07, 6.45) is 1.13. The number of para-hydroxylation sites is 1. The zero-order valence-corrected chi connectivity index (χ0v) is 17.8. The molecule has 0 bridgehead atoms. The van der Waals surface area contributed by atoms with Crippen molar-refractivity contribution in [1.29, 1.82) is 0 Å². The molecule has 1 aliphatic carbocycles. The SMILES string of the molecule is COc1ccccc1C1CC(=O)N(c2ccc(C(=O)O)cc2)C2=C1C(=O)CC(C)(C)C2. The van der Waals surface area contributed by atoms with Gasteiger partial charge in [0.05, 0.1) is 12.7 Å². The second-order valence-corrected chi connectivity index (χ2v) is 8.88. The number of allylic oxidation sites excluding steroid dienone is 2. The Hall–Kier alpha value is -3.41. The highest BCUT2D eigenvalue weighted by Gasteiger charge is 2.44. The Morgan fingerprint density at radius 2 is 1.74 bits per heavy atom. The minimum Gasteiger partial charge on any atom is -0.496 e. The van der Waals surface area contributed by atoms with Crippen LogP contribution in [0, 0.1) is 5.41 Å². The van der Waals surface area contributed by atoms with Gasteiger partial charge in [-0.15, -0.1) is 0 Å². The third-order valence-corrected chi connectivity index (χ3v) is 6.03. The molecule has 1 unspecified atom stereocenters. The van der Waals surface area contributed by atoms with Crippen LogP contribution in [0.2, 0.25) is 0 Å². The van der Waals surface area contributed by atoms with Gasteiger partial charge in [0.15, 0.2) is 5.78 Å². The Labute approximate surface area is 181 Å². The summed E-state index contributed by atoms with van der Waals surface area (Å²) in [7, 11) is 1.58. The van der Waals surface area contributed by atoms with Crippen LogP contribution >= 0.6 is 0 Å². The molecule has 2 aromatic rings. The van der Waals surface area contributed by atoms with Gasteiger partial charge < -0.3 is 9.84 Å². The second-order valence-electron chi connectivity index (χ2n) is 8.88. The van der Waals surface area contributed by atoms with E-state index in [0.717, 1.165) is 5.56 Å². The largest absolute Gasteiger partial charge is 0.496 e. The smallest absolute Gasteiger partial charge is 0.335 e. The first-order chi connectivity index (χ1) is 14.7. The van der Waals surface area contributed by atoms with E-state index in [1.807, 2.05) is 38.1 Å². The molecule has 2 aliphatic rings. The van der Waals surface area contributed by atoms with E-state index in [2.05, 4.69) is 0 Å². The van der Waals surface area contributed by atoms with E-state index in [9.17, 15) is 19.5 Å². The lowest BCUT2D eigenvalue weighted by Gasteiger charge is -2.43. The molecule has 31 heavy (non-hydrogen) atoms. The molecule has 6 heteroatoms. The van der Waals surface area contributed by atoms with E-state index in [1.165, 1.54) is 12.1 Å². The number of hydrogen-bond acceptors (Lipinski definition) is 4. The number of aromatic carboxylic acids is 1. The maximum absolute atomic E-state index is 13.4. The Bertz CT molecular complexity index is 1100. The molecular weight excluding hydrogens is 394 g/mol. The summed E-state index contributed by atoms with van der Waals surface area (Å²) in [5.41, 5.74) is 2.64. The number of carboxylic acids is 1. The van der Waals surface area contributed by atoms with Crippen LogP contribution in [-0.2, 0) is 9.59 Å². The van der Waals surface area contributed by atoms with Gasteiger partial charge in [-0.3, -0.25) is 14.5 Å². The number of carboxylic acid groups (broad SMARTS) is 1. The lowest BCUT2D eigenvalue weighted by Crippen LogP contribution is -2.43. The minimum absolute atomic E-state index is 0.0433. The van der Waals surface area contributed by atoms with Crippen LogP contribution in [-0.4, -0.2) is 29.9 Å². The predicted molar refractivity (Wildman–Crippen MR) is 116 cm³/mol. The molecule has 4 rings (SSSR count). The topological polar surface area (TPSA) is 83.9 Å². The standard InChI is InChI=1S/C25H25NO5/c1-25(2)13-19-23(20(27)14-25)18(17-6-4-5-7-21(17)31-3)12-22(28)26(19)16-10-8-15(9-11-16)24(29)30/h4-11,18H,12-14H2,1-3H3,(H,29,30). The van der Waals surface area contributed by atoms with Gasteiger partial charge in [0.1, 0.15) is 5.75 Å². The van der Waals surface area contributed by atoms with Gasteiger partial charge in [0.25, 0.3) is 0 Å². The lowest BCUT2D eigenvalue weighted by atomic mass is 9.69. The highest BCUT2D eigenvalue weighted by Crippen LogP contribution is 2.49. The zero-order valence-electron chi connectivity index (χ0n) is 17.8. The van der Waals surface area contributed by atoms with E-state index in [1.54, 1.807) is 24.1 Å². The number of rotatable bonds is 4. The van der Waals surface area contributed by atoms with Crippen LogP contribution in [0.25, 0.3) is 0 Å². The molecule has 0 radical (unpaired) electrons. The number of methoxy groups -OCH3 is 1. The van der Waals surface area contributed by atoms with Crippen LogP contribution in [0.4, 0.5) is 5.69 Å². The summed E-state index contributed by atoms with van der Waals surface area (Å²) in [5, 5.41) is 9.19. The summed E-state index contributed by atoms with van der Waals surface area (Å²) in [5.74, 6) is -0.812. The molecular formula is C25H25NO5. The molecule has 0 spiro atoms. The van der Waals surface area contributed by atoms with Gasteiger partial charge in [-0.05, 0) is 42.2 Å². The molecule has 1 amide bonds. The number of Topliss-reactive ketones (excluding diaryl/α,β-unsaturated/α-hetero) is 1. The fraction of sp³-hybridized carbons (Fsp3) is 0.320. The third kappa shape index (κ3) is 3.74. The second kappa shape index (κ2) is 7.69. The van der Waals surface area contributed by atoms with Crippen LogP contribution in [0.1, 0.15) is 54.9 Å². The van der Waals surface area contributed by atoms with Gasteiger partial charge in [-0.2, -0.15) is 0 Å². The fourth-order valence-corrected chi connectivity index (χ4v) is 4.69. The van der Waals surface area contributed by atoms with Gasteiger partial charge >= 0.3 is 5.97 Å². The van der Waals surface area contributed by atoms with Crippen molar-refractivity contribution in [2.45, 2.75) is 39.0 Å². The van der Waals surface area contributed by atoms with E-state index in [4.69, 9.17) is 4.74 Å². The number of nitrogens with zero attached hydrogens (tertiary/aromatic N) is 1. The summed E-state index contributed by atoms with van der Waals surface area (Å²) in [4.78, 5) is 39.6. The molecule has 1 atom stereocenters.